The summed E-state index contributed by atoms with van der Waals surface area (Å²) >= 11 is 0. The summed E-state index contributed by atoms with van der Waals surface area (Å²) in [6, 6.07) is 13.3. The van der Waals surface area contributed by atoms with Crippen LogP contribution in [0.1, 0.15) is 24.6 Å². The minimum Gasteiger partial charge on any atom is -0.465 e. The predicted octanol–water partition coefficient (Wildman–Crippen LogP) is 3.56. The topological polar surface area (TPSA) is 70.9 Å². The van der Waals surface area contributed by atoms with Gasteiger partial charge in [0.2, 0.25) is 5.91 Å². The Morgan fingerprint density at radius 3 is 2.83 bits per heavy atom. The molecule has 0 bridgehead atoms. The number of hydrogen-bond donors (Lipinski definition) is 2. The highest BCUT2D eigenvalue weighted by Crippen LogP contribution is 2.18. The fraction of sp³-hybridized carbons (Fsp3) is 0.111. The third-order valence-electron chi connectivity index (χ3n) is 3.39. The van der Waals surface area contributed by atoms with Crippen LogP contribution in [-0.4, -0.2) is 15.9 Å². The van der Waals surface area contributed by atoms with Gasteiger partial charge >= 0.3 is 0 Å². The molecule has 5 heteroatoms. The highest BCUT2D eigenvalue weighted by atomic mass is 16.3. The highest BCUT2D eigenvalue weighted by Gasteiger charge is 2.12. The predicted molar refractivity (Wildman–Crippen MR) is 88.3 cm³/mol. The summed E-state index contributed by atoms with van der Waals surface area (Å²) < 4.78 is 5.14. The Morgan fingerprint density at radius 2 is 2.09 bits per heavy atom. The maximum Gasteiger partial charge on any atom is 0.244 e. The molecule has 5 nitrogen and oxygen atoms in total. The van der Waals surface area contributed by atoms with Crippen LogP contribution in [0.25, 0.3) is 17.3 Å². The molecule has 0 saturated carbocycles. The molecular formula is C18H17N3O2. The molecule has 1 atom stereocenters. The van der Waals surface area contributed by atoms with E-state index in [0.29, 0.717) is 11.6 Å². The van der Waals surface area contributed by atoms with Gasteiger partial charge in [0.1, 0.15) is 11.6 Å². The van der Waals surface area contributed by atoms with E-state index in [9.17, 15) is 4.79 Å². The molecule has 0 radical (unpaired) electrons. The third-order valence-corrected chi connectivity index (χ3v) is 3.39. The Hall–Kier alpha value is -3.08. The second-order valence-electron chi connectivity index (χ2n) is 5.13. The first kappa shape index (κ1) is 14.8. The Morgan fingerprint density at radius 1 is 1.26 bits per heavy atom. The maximum atomic E-state index is 11.9. The number of rotatable bonds is 5. The van der Waals surface area contributed by atoms with Crippen molar-refractivity contribution in [1.82, 2.24) is 15.3 Å². The molecule has 1 amide bonds. The Kier molecular flexibility index (Phi) is 4.38. The quantitative estimate of drug-likeness (QED) is 0.708. The van der Waals surface area contributed by atoms with Crippen molar-refractivity contribution in [3.05, 3.63) is 72.6 Å². The fourth-order valence-corrected chi connectivity index (χ4v) is 2.19. The van der Waals surface area contributed by atoms with Crippen LogP contribution in [0, 0.1) is 0 Å². The van der Waals surface area contributed by atoms with E-state index in [0.717, 1.165) is 11.3 Å². The van der Waals surface area contributed by atoms with Crippen LogP contribution in [0.5, 0.6) is 0 Å². The molecule has 2 aromatic heterocycles. The number of hydrogen-bond acceptors (Lipinski definition) is 3. The molecular weight excluding hydrogens is 290 g/mol. The van der Waals surface area contributed by atoms with Crippen molar-refractivity contribution >= 4 is 12.0 Å². The molecule has 0 unspecified atom stereocenters. The van der Waals surface area contributed by atoms with E-state index in [1.54, 1.807) is 30.7 Å². The number of furan rings is 1. The van der Waals surface area contributed by atoms with Crippen LogP contribution in [0.15, 0.2) is 65.4 Å². The number of carbonyl (C=O) groups excluding carboxylic acids is 1. The zero-order valence-corrected chi connectivity index (χ0v) is 12.7. The maximum absolute atomic E-state index is 11.9. The standard InChI is InChI=1S/C18H17N3O2/c1-13(20-17(22)10-9-15-8-5-11-23-15)18-19-12-16(21-18)14-6-3-2-4-7-14/h2-13H,1H3,(H,19,21)(H,20,22)/b10-9+/t13-/m0/s1. The zero-order valence-electron chi connectivity index (χ0n) is 12.7. The first-order valence-electron chi connectivity index (χ1n) is 7.35. The summed E-state index contributed by atoms with van der Waals surface area (Å²) in [6.07, 6.45) is 6.40. The molecule has 0 aliphatic heterocycles. The van der Waals surface area contributed by atoms with E-state index < -0.39 is 0 Å². The summed E-state index contributed by atoms with van der Waals surface area (Å²) in [7, 11) is 0. The van der Waals surface area contributed by atoms with E-state index in [-0.39, 0.29) is 11.9 Å². The van der Waals surface area contributed by atoms with Crippen molar-refractivity contribution in [3.8, 4) is 11.3 Å². The van der Waals surface area contributed by atoms with E-state index in [1.165, 1.54) is 6.08 Å². The van der Waals surface area contributed by atoms with Crippen molar-refractivity contribution in [3.63, 3.8) is 0 Å². The van der Waals surface area contributed by atoms with Gasteiger partial charge in [0.05, 0.1) is 24.2 Å². The molecule has 2 N–H and O–H groups in total. The minimum absolute atomic E-state index is 0.202. The molecule has 0 aliphatic carbocycles. The molecule has 3 aromatic rings. The third kappa shape index (κ3) is 3.77. The fourth-order valence-electron chi connectivity index (χ4n) is 2.19. The van der Waals surface area contributed by atoms with Gasteiger partial charge in [0.25, 0.3) is 0 Å². The van der Waals surface area contributed by atoms with Crippen molar-refractivity contribution in [2.24, 2.45) is 0 Å². The van der Waals surface area contributed by atoms with Gasteiger partial charge < -0.3 is 14.7 Å². The van der Waals surface area contributed by atoms with Crippen LogP contribution < -0.4 is 5.32 Å². The molecule has 0 saturated heterocycles. The minimum atomic E-state index is -0.221. The number of nitrogens with one attached hydrogen (secondary N) is 2. The lowest BCUT2D eigenvalue weighted by atomic mass is 10.2. The summed E-state index contributed by atoms with van der Waals surface area (Å²) in [6.45, 7) is 1.88. The lowest BCUT2D eigenvalue weighted by molar-refractivity contribution is -0.117. The number of aromatic amines is 1. The second kappa shape index (κ2) is 6.79. The highest BCUT2D eigenvalue weighted by molar-refractivity contribution is 5.91. The number of nitrogens with zero attached hydrogens (tertiary/aromatic N) is 1. The van der Waals surface area contributed by atoms with Crippen LogP contribution in [0.4, 0.5) is 0 Å². The first-order chi connectivity index (χ1) is 11.2. The normalized spacial score (nSPS) is 12.4. The molecule has 1 aromatic carbocycles. The van der Waals surface area contributed by atoms with E-state index in [2.05, 4.69) is 15.3 Å². The van der Waals surface area contributed by atoms with Crippen molar-refractivity contribution < 1.29 is 9.21 Å². The van der Waals surface area contributed by atoms with E-state index in [4.69, 9.17) is 4.42 Å². The number of benzene rings is 1. The molecule has 23 heavy (non-hydrogen) atoms. The average molecular weight is 307 g/mol. The van der Waals surface area contributed by atoms with Gasteiger partial charge in [-0.1, -0.05) is 30.3 Å². The number of imidazole rings is 1. The van der Waals surface area contributed by atoms with Crippen molar-refractivity contribution in [2.75, 3.05) is 0 Å². The Bertz CT molecular complexity index is 789. The zero-order chi connectivity index (χ0) is 16.1. The SMILES string of the molecule is C[C@H](NC(=O)/C=C/c1ccco1)c1ncc(-c2ccccc2)[nH]1. The van der Waals surface area contributed by atoms with Gasteiger partial charge in [-0.25, -0.2) is 4.98 Å². The summed E-state index contributed by atoms with van der Waals surface area (Å²) in [5.41, 5.74) is 1.98. The van der Waals surface area contributed by atoms with Gasteiger partial charge in [-0.05, 0) is 30.7 Å². The van der Waals surface area contributed by atoms with Gasteiger partial charge in [-0.15, -0.1) is 0 Å². The first-order valence-corrected chi connectivity index (χ1v) is 7.35. The second-order valence-corrected chi connectivity index (χ2v) is 5.13. The monoisotopic (exact) mass is 307 g/mol. The number of aromatic nitrogens is 2. The van der Waals surface area contributed by atoms with Crippen LogP contribution >= 0.6 is 0 Å². The summed E-state index contributed by atoms with van der Waals surface area (Å²) in [5, 5.41) is 2.86. The number of carbonyl (C=O) groups is 1. The molecule has 116 valence electrons. The van der Waals surface area contributed by atoms with Crippen LogP contribution in [0.2, 0.25) is 0 Å². The van der Waals surface area contributed by atoms with Crippen LogP contribution in [0.3, 0.4) is 0 Å². The van der Waals surface area contributed by atoms with Gasteiger partial charge in [0.15, 0.2) is 0 Å². The van der Waals surface area contributed by atoms with E-state index >= 15 is 0 Å². The van der Waals surface area contributed by atoms with Crippen molar-refractivity contribution in [1.29, 1.82) is 0 Å². The van der Waals surface area contributed by atoms with Crippen molar-refractivity contribution in [2.45, 2.75) is 13.0 Å². The van der Waals surface area contributed by atoms with Crippen LogP contribution in [-0.2, 0) is 4.79 Å². The van der Waals surface area contributed by atoms with Gasteiger partial charge in [-0.3, -0.25) is 4.79 Å². The summed E-state index contributed by atoms with van der Waals surface area (Å²) in [4.78, 5) is 19.5. The lowest BCUT2D eigenvalue weighted by Crippen LogP contribution is -2.25. The molecule has 3 rings (SSSR count). The van der Waals surface area contributed by atoms with E-state index in [1.807, 2.05) is 37.3 Å². The number of H-pyrrole nitrogens is 1. The lowest BCUT2D eigenvalue weighted by Gasteiger charge is -2.09. The smallest absolute Gasteiger partial charge is 0.244 e. The molecule has 2 heterocycles. The Labute approximate surface area is 134 Å². The largest absolute Gasteiger partial charge is 0.465 e. The number of amides is 1. The Balaban J connectivity index is 1.63. The average Bonchev–Trinajstić information content (AvgIpc) is 3.25. The van der Waals surface area contributed by atoms with Gasteiger partial charge in [0, 0.05) is 6.08 Å². The molecule has 0 spiro atoms. The molecule has 0 aliphatic rings. The molecule has 0 fully saturated rings. The van der Waals surface area contributed by atoms with Gasteiger partial charge in [-0.2, -0.15) is 0 Å². The summed E-state index contributed by atoms with van der Waals surface area (Å²) in [5.74, 6) is 1.15.